The van der Waals surface area contributed by atoms with Crippen LogP contribution in [0, 0.1) is 0 Å². The molecule has 9 heteroatoms. The van der Waals surface area contributed by atoms with E-state index in [-0.39, 0.29) is 17.5 Å². The first-order valence-corrected chi connectivity index (χ1v) is 12.5. The lowest BCUT2D eigenvalue weighted by Crippen LogP contribution is -2.40. The Hall–Kier alpha value is -2.88. The molecule has 0 bridgehead atoms. The van der Waals surface area contributed by atoms with E-state index in [1.54, 1.807) is 30.3 Å². The molecule has 3 aliphatic rings. The van der Waals surface area contributed by atoms with Gasteiger partial charge in [0, 0.05) is 43.4 Å². The Kier molecular flexibility index (Phi) is 6.09. The predicted molar refractivity (Wildman–Crippen MR) is 122 cm³/mol. The topological polar surface area (TPSA) is 94.2 Å². The number of ketones is 1. The van der Waals surface area contributed by atoms with Crippen LogP contribution in [-0.4, -0.2) is 58.1 Å². The molecule has 0 aliphatic carbocycles. The van der Waals surface area contributed by atoms with E-state index in [2.05, 4.69) is 5.32 Å². The lowest BCUT2D eigenvalue weighted by molar-refractivity contribution is -0.114. The Labute approximate surface area is 193 Å². The van der Waals surface area contributed by atoms with Gasteiger partial charge < -0.3 is 19.5 Å². The minimum atomic E-state index is -3.51. The summed E-state index contributed by atoms with van der Waals surface area (Å²) in [5.41, 5.74) is 3.82. The van der Waals surface area contributed by atoms with E-state index in [4.69, 9.17) is 14.2 Å². The van der Waals surface area contributed by atoms with Gasteiger partial charge in [-0.2, -0.15) is 4.31 Å². The molecule has 2 aromatic rings. The number of morpholine rings is 1. The van der Waals surface area contributed by atoms with Crippen molar-refractivity contribution >= 4 is 21.5 Å². The Morgan fingerprint density at radius 1 is 1.06 bits per heavy atom. The van der Waals surface area contributed by atoms with Crippen molar-refractivity contribution in [2.24, 2.45) is 0 Å². The van der Waals surface area contributed by atoms with Crippen molar-refractivity contribution in [3.63, 3.8) is 0 Å². The SMILES string of the molecule is O=C(/C=C1\NCCc2cc3c(cc21)OCO3)CCc1ccc(S(=O)(=O)N2CCOCC2)cc1. The maximum atomic E-state index is 12.7. The third-order valence-electron chi connectivity index (χ3n) is 6.09. The van der Waals surface area contributed by atoms with E-state index in [1.165, 1.54) is 4.31 Å². The van der Waals surface area contributed by atoms with Gasteiger partial charge >= 0.3 is 0 Å². The highest BCUT2D eigenvalue weighted by molar-refractivity contribution is 7.89. The highest BCUT2D eigenvalue weighted by Crippen LogP contribution is 2.38. The van der Waals surface area contributed by atoms with Crippen LogP contribution in [-0.2, 0) is 32.4 Å². The molecule has 0 atom stereocenters. The number of hydrogen-bond acceptors (Lipinski definition) is 7. The molecule has 0 radical (unpaired) electrons. The molecule has 0 unspecified atom stereocenters. The molecule has 174 valence electrons. The Balaban J connectivity index is 1.24. The van der Waals surface area contributed by atoms with Crippen LogP contribution in [0.4, 0.5) is 0 Å². The highest BCUT2D eigenvalue weighted by Gasteiger charge is 2.26. The van der Waals surface area contributed by atoms with Crippen LogP contribution in [0.3, 0.4) is 0 Å². The first-order valence-electron chi connectivity index (χ1n) is 11.1. The van der Waals surface area contributed by atoms with Crippen LogP contribution in [0.1, 0.15) is 23.1 Å². The Morgan fingerprint density at radius 2 is 1.79 bits per heavy atom. The maximum absolute atomic E-state index is 12.7. The lowest BCUT2D eigenvalue weighted by atomic mass is 9.96. The molecular weight excluding hydrogens is 444 g/mol. The first kappa shape index (κ1) is 21.9. The van der Waals surface area contributed by atoms with Crippen LogP contribution in [0.25, 0.3) is 5.70 Å². The number of carbonyl (C=O) groups is 1. The van der Waals surface area contributed by atoms with Gasteiger partial charge in [0.1, 0.15) is 0 Å². The van der Waals surface area contributed by atoms with Gasteiger partial charge in [-0.05, 0) is 48.2 Å². The van der Waals surface area contributed by atoms with Gasteiger partial charge in [0.25, 0.3) is 0 Å². The molecule has 5 rings (SSSR count). The van der Waals surface area contributed by atoms with Crippen molar-refractivity contribution in [3.05, 3.63) is 59.2 Å². The molecule has 0 spiro atoms. The van der Waals surface area contributed by atoms with E-state index < -0.39 is 10.0 Å². The van der Waals surface area contributed by atoms with Crippen LogP contribution >= 0.6 is 0 Å². The molecular formula is C24H26N2O6S. The molecule has 0 saturated carbocycles. The van der Waals surface area contributed by atoms with Gasteiger partial charge in [-0.3, -0.25) is 4.79 Å². The molecule has 1 saturated heterocycles. The predicted octanol–water partition coefficient (Wildman–Crippen LogP) is 2.12. The number of allylic oxidation sites excluding steroid dienone is 1. The Bertz CT molecular complexity index is 1180. The average molecular weight is 471 g/mol. The maximum Gasteiger partial charge on any atom is 0.243 e. The summed E-state index contributed by atoms with van der Waals surface area (Å²) in [5.74, 6) is 1.45. The summed E-state index contributed by atoms with van der Waals surface area (Å²) in [6.45, 7) is 2.54. The number of sulfonamides is 1. The number of ether oxygens (including phenoxy) is 3. The number of nitrogens with one attached hydrogen (secondary N) is 1. The zero-order valence-electron chi connectivity index (χ0n) is 18.2. The number of aryl methyl sites for hydroxylation is 1. The molecule has 8 nitrogen and oxygen atoms in total. The number of carbonyl (C=O) groups excluding carboxylic acids is 1. The minimum Gasteiger partial charge on any atom is -0.454 e. The number of rotatable bonds is 6. The highest BCUT2D eigenvalue weighted by atomic mass is 32.2. The molecule has 2 aromatic carbocycles. The van der Waals surface area contributed by atoms with Crippen molar-refractivity contribution in [2.75, 3.05) is 39.6 Å². The van der Waals surface area contributed by atoms with E-state index in [0.29, 0.717) is 44.9 Å². The minimum absolute atomic E-state index is 0.00744. The number of benzene rings is 2. The molecule has 3 aliphatic heterocycles. The van der Waals surface area contributed by atoms with E-state index in [9.17, 15) is 13.2 Å². The van der Waals surface area contributed by atoms with E-state index in [0.717, 1.165) is 41.1 Å². The third kappa shape index (κ3) is 4.62. The summed E-state index contributed by atoms with van der Waals surface area (Å²) >= 11 is 0. The van der Waals surface area contributed by atoms with Crippen LogP contribution in [0.5, 0.6) is 11.5 Å². The summed E-state index contributed by atoms with van der Waals surface area (Å²) in [6.07, 6.45) is 3.38. The lowest BCUT2D eigenvalue weighted by Gasteiger charge is -2.26. The van der Waals surface area contributed by atoms with Gasteiger partial charge in [0.05, 0.1) is 18.1 Å². The van der Waals surface area contributed by atoms with Crippen LogP contribution in [0.15, 0.2) is 47.4 Å². The summed E-state index contributed by atoms with van der Waals surface area (Å²) in [7, 11) is -3.51. The number of fused-ring (bicyclic) bond motifs is 2. The third-order valence-corrected chi connectivity index (χ3v) is 8.01. The van der Waals surface area contributed by atoms with Gasteiger partial charge in [-0.25, -0.2) is 8.42 Å². The fourth-order valence-corrected chi connectivity index (χ4v) is 5.67. The van der Waals surface area contributed by atoms with Crippen molar-refractivity contribution in [3.8, 4) is 11.5 Å². The fraction of sp³-hybridized carbons (Fsp3) is 0.375. The second kappa shape index (κ2) is 9.17. The summed E-state index contributed by atoms with van der Waals surface area (Å²) in [4.78, 5) is 12.9. The second-order valence-electron chi connectivity index (χ2n) is 8.22. The zero-order chi connectivity index (χ0) is 22.8. The molecule has 0 aromatic heterocycles. The van der Waals surface area contributed by atoms with Crippen molar-refractivity contribution in [2.45, 2.75) is 24.2 Å². The normalized spacial score (nSPS) is 19.2. The van der Waals surface area contributed by atoms with Crippen LogP contribution in [0.2, 0.25) is 0 Å². The van der Waals surface area contributed by atoms with Gasteiger partial charge in [-0.1, -0.05) is 12.1 Å². The van der Waals surface area contributed by atoms with E-state index >= 15 is 0 Å². The molecule has 0 amide bonds. The molecule has 3 heterocycles. The Morgan fingerprint density at radius 3 is 2.55 bits per heavy atom. The average Bonchev–Trinajstić information content (AvgIpc) is 3.30. The number of hydrogen-bond donors (Lipinski definition) is 1. The molecule has 1 fully saturated rings. The van der Waals surface area contributed by atoms with Gasteiger partial charge in [0.2, 0.25) is 16.8 Å². The van der Waals surface area contributed by atoms with Crippen LogP contribution < -0.4 is 14.8 Å². The number of nitrogens with zero attached hydrogens (tertiary/aromatic N) is 1. The second-order valence-corrected chi connectivity index (χ2v) is 10.2. The van der Waals surface area contributed by atoms with Crippen molar-refractivity contribution in [1.82, 2.24) is 9.62 Å². The molecule has 1 N–H and O–H groups in total. The standard InChI is InChI=1S/C24H26N2O6S/c27-19(14-22-21-15-24-23(31-16-32-24)13-18(21)7-8-25-22)4-1-17-2-5-20(6-3-17)33(28,29)26-9-11-30-12-10-26/h2-3,5-6,13-15,25H,1,4,7-12,16H2/b22-14-. The van der Waals surface area contributed by atoms with Gasteiger partial charge in [-0.15, -0.1) is 0 Å². The van der Waals surface area contributed by atoms with Crippen molar-refractivity contribution in [1.29, 1.82) is 0 Å². The quantitative estimate of drug-likeness (QED) is 0.647. The summed E-state index contributed by atoms with van der Waals surface area (Å²) < 4.78 is 43.1. The zero-order valence-corrected chi connectivity index (χ0v) is 19.0. The molecule has 33 heavy (non-hydrogen) atoms. The summed E-state index contributed by atoms with van der Waals surface area (Å²) in [5, 5.41) is 3.31. The monoisotopic (exact) mass is 470 g/mol. The first-order chi connectivity index (χ1) is 16.0. The largest absolute Gasteiger partial charge is 0.454 e. The fourth-order valence-electron chi connectivity index (χ4n) is 4.26. The smallest absolute Gasteiger partial charge is 0.243 e. The summed E-state index contributed by atoms with van der Waals surface area (Å²) in [6, 6.07) is 10.7. The van der Waals surface area contributed by atoms with E-state index in [1.807, 2.05) is 12.1 Å². The van der Waals surface area contributed by atoms with Gasteiger partial charge in [0.15, 0.2) is 17.3 Å². The van der Waals surface area contributed by atoms with Crippen molar-refractivity contribution < 1.29 is 27.4 Å².